The number of rotatable bonds is 2. The van der Waals surface area contributed by atoms with Gasteiger partial charge in [-0.15, -0.1) is 0 Å². The fraction of sp³-hybridized carbons (Fsp3) is 0.0303. The second-order valence-corrected chi connectivity index (χ2v) is 13.1. The van der Waals surface area contributed by atoms with E-state index in [9.17, 15) is 0 Å². The zero-order valence-corrected chi connectivity index (χ0v) is 20.1. The molecule has 160 valence electrons. The van der Waals surface area contributed by atoms with E-state index in [0.717, 1.165) is 0 Å². The zero-order valence-electron chi connectivity index (χ0n) is 19.1. The van der Waals surface area contributed by atoms with Gasteiger partial charge in [-0.1, -0.05) is 133 Å². The molecule has 7 rings (SSSR count). The molecule has 6 aromatic rings. The summed E-state index contributed by atoms with van der Waals surface area (Å²) in [4.78, 5) is 0. The molecule has 0 saturated heterocycles. The number of fused-ring (bicyclic) bond motifs is 7. The Bertz CT molecular complexity index is 1700. The average molecular weight is 449 g/mol. The second kappa shape index (κ2) is 7.28. The Labute approximate surface area is 201 Å². The van der Waals surface area contributed by atoms with Crippen LogP contribution in [0.15, 0.2) is 127 Å². The van der Waals surface area contributed by atoms with E-state index in [1.807, 2.05) is 0 Å². The van der Waals surface area contributed by atoms with E-state index >= 15 is 0 Å². The third kappa shape index (κ3) is 2.53. The summed E-state index contributed by atoms with van der Waals surface area (Å²) in [5.41, 5.74) is 4.09. The highest BCUT2D eigenvalue weighted by atomic mass is 28.3. The van der Waals surface area contributed by atoms with Crippen LogP contribution in [0.5, 0.6) is 0 Å². The predicted octanol–water partition coefficient (Wildman–Crippen LogP) is 5.66. The average Bonchev–Trinajstić information content (AvgIpc) is 3.21. The molecule has 0 nitrogen and oxygen atoms in total. The third-order valence-electron chi connectivity index (χ3n) is 7.61. The quantitative estimate of drug-likeness (QED) is 0.236. The van der Waals surface area contributed by atoms with Crippen LogP contribution in [-0.4, -0.2) is 8.07 Å². The summed E-state index contributed by atoms with van der Waals surface area (Å²) >= 11 is 0. The van der Waals surface area contributed by atoms with Crippen molar-refractivity contribution in [1.29, 1.82) is 0 Å². The Morgan fingerprint density at radius 3 is 1.97 bits per heavy atom. The molecule has 0 saturated carbocycles. The van der Waals surface area contributed by atoms with Crippen molar-refractivity contribution in [3.05, 3.63) is 133 Å². The summed E-state index contributed by atoms with van der Waals surface area (Å²) in [6.07, 6.45) is 0. The smallest absolute Gasteiger partial charge is 0.0623 e. The number of aryl methyl sites for hydroxylation is 1. The van der Waals surface area contributed by atoms with E-state index in [-0.39, 0.29) is 0 Å². The van der Waals surface area contributed by atoms with Crippen molar-refractivity contribution >= 4 is 50.4 Å². The van der Waals surface area contributed by atoms with Gasteiger partial charge in [0, 0.05) is 0 Å². The molecule has 1 heteroatoms. The van der Waals surface area contributed by atoms with Crippen molar-refractivity contribution in [1.82, 2.24) is 0 Å². The van der Waals surface area contributed by atoms with Gasteiger partial charge in [0.2, 0.25) is 0 Å². The van der Waals surface area contributed by atoms with Gasteiger partial charge in [0.15, 0.2) is 8.07 Å². The molecule has 0 aromatic heterocycles. The molecule has 1 unspecified atom stereocenters. The van der Waals surface area contributed by atoms with Gasteiger partial charge in [0.25, 0.3) is 0 Å². The Morgan fingerprint density at radius 1 is 0.441 bits per heavy atom. The molecule has 1 heterocycles. The van der Waals surface area contributed by atoms with Crippen LogP contribution in [-0.2, 0) is 0 Å². The molecule has 0 radical (unpaired) electrons. The monoisotopic (exact) mass is 448 g/mol. The predicted molar refractivity (Wildman–Crippen MR) is 149 cm³/mol. The van der Waals surface area contributed by atoms with Gasteiger partial charge in [-0.2, -0.15) is 0 Å². The highest BCUT2D eigenvalue weighted by molar-refractivity contribution is 7.23. The SMILES string of the molecule is Cc1ccc([Si]2(c3ccccc3)c3ccccc3-c3ccc4c(ccc5ccccc54)c32)cc1. The first-order valence-corrected chi connectivity index (χ1v) is 14.0. The Hall–Kier alpha value is -3.94. The molecule has 1 aliphatic rings. The topological polar surface area (TPSA) is 0 Å². The van der Waals surface area contributed by atoms with Crippen LogP contribution in [0.2, 0.25) is 0 Å². The van der Waals surface area contributed by atoms with Crippen LogP contribution in [0.3, 0.4) is 0 Å². The molecule has 0 amide bonds. The van der Waals surface area contributed by atoms with Crippen LogP contribution in [0.1, 0.15) is 5.56 Å². The minimum absolute atomic E-state index is 1.30. The molecular weight excluding hydrogens is 424 g/mol. The normalized spacial score (nSPS) is 16.5. The van der Waals surface area contributed by atoms with Crippen LogP contribution in [0, 0.1) is 6.92 Å². The molecule has 0 spiro atoms. The molecule has 1 atom stereocenters. The van der Waals surface area contributed by atoms with Gasteiger partial charge in [-0.3, -0.25) is 0 Å². The maximum absolute atomic E-state index is 2.50. The van der Waals surface area contributed by atoms with Crippen LogP contribution < -0.4 is 20.7 Å². The first kappa shape index (κ1) is 19.5. The van der Waals surface area contributed by atoms with E-state index in [1.54, 1.807) is 0 Å². The van der Waals surface area contributed by atoms with Gasteiger partial charge in [-0.05, 0) is 60.3 Å². The molecule has 0 bridgehead atoms. The minimum atomic E-state index is -2.50. The molecule has 0 aliphatic carbocycles. The highest BCUT2D eigenvalue weighted by Crippen LogP contribution is 2.34. The van der Waals surface area contributed by atoms with Crippen molar-refractivity contribution in [2.45, 2.75) is 6.92 Å². The Morgan fingerprint density at radius 2 is 1.12 bits per heavy atom. The van der Waals surface area contributed by atoms with Gasteiger partial charge in [-0.25, -0.2) is 0 Å². The lowest BCUT2D eigenvalue weighted by molar-refractivity contribution is 1.49. The van der Waals surface area contributed by atoms with E-state index in [1.165, 1.54) is 59.0 Å². The van der Waals surface area contributed by atoms with Crippen LogP contribution in [0.25, 0.3) is 32.7 Å². The number of hydrogen-bond acceptors (Lipinski definition) is 0. The highest BCUT2D eigenvalue weighted by Gasteiger charge is 2.49. The lowest BCUT2D eigenvalue weighted by Gasteiger charge is -2.32. The number of benzene rings is 6. The summed E-state index contributed by atoms with van der Waals surface area (Å²) in [6, 6.07) is 47.9. The molecule has 0 N–H and O–H groups in total. The largest absolute Gasteiger partial charge is 0.181 e. The van der Waals surface area contributed by atoms with E-state index in [2.05, 4.69) is 134 Å². The summed E-state index contributed by atoms with van der Waals surface area (Å²) in [6.45, 7) is 2.18. The van der Waals surface area contributed by atoms with Crippen molar-refractivity contribution in [3.63, 3.8) is 0 Å². The second-order valence-electron chi connectivity index (χ2n) is 9.40. The molecule has 1 aliphatic heterocycles. The summed E-state index contributed by atoms with van der Waals surface area (Å²) < 4.78 is 0. The van der Waals surface area contributed by atoms with Gasteiger partial charge < -0.3 is 0 Å². The van der Waals surface area contributed by atoms with Crippen LogP contribution >= 0.6 is 0 Å². The third-order valence-corrected chi connectivity index (χ3v) is 12.5. The van der Waals surface area contributed by atoms with Crippen molar-refractivity contribution in [2.24, 2.45) is 0 Å². The lowest BCUT2D eigenvalue weighted by Crippen LogP contribution is -2.73. The summed E-state index contributed by atoms with van der Waals surface area (Å²) in [5, 5.41) is 11.3. The first-order valence-electron chi connectivity index (χ1n) is 12.0. The molecule has 34 heavy (non-hydrogen) atoms. The molecule has 0 fully saturated rings. The lowest BCUT2D eigenvalue weighted by atomic mass is 9.97. The van der Waals surface area contributed by atoms with E-state index in [0.29, 0.717) is 0 Å². The standard InChI is InChI=1S/C33H24Si/c1-23-15-18-26(19-16-23)34(25-10-3-2-4-11-25)32-14-8-7-13-29(32)31-22-21-28-27-12-6-5-9-24(27)17-20-30(28)33(31)34/h2-22H,1H3. The van der Waals surface area contributed by atoms with E-state index < -0.39 is 8.07 Å². The maximum atomic E-state index is 2.39. The minimum Gasteiger partial charge on any atom is -0.0623 e. The Balaban J connectivity index is 1.72. The summed E-state index contributed by atoms with van der Waals surface area (Å²) in [5.74, 6) is 0. The molecular formula is C33H24Si. The first-order chi connectivity index (χ1) is 16.8. The Kier molecular flexibility index (Phi) is 4.18. The summed E-state index contributed by atoms with van der Waals surface area (Å²) in [7, 11) is -2.50. The van der Waals surface area contributed by atoms with Gasteiger partial charge >= 0.3 is 0 Å². The zero-order chi connectivity index (χ0) is 22.7. The van der Waals surface area contributed by atoms with E-state index in [4.69, 9.17) is 0 Å². The van der Waals surface area contributed by atoms with Crippen LogP contribution in [0.4, 0.5) is 0 Å². The fourth-order valence-electron chi connectivity index (χ4n) is 6.15. The van der Waals surface area contributed by atoms with Gasteiger partial charge in [0.05, 0.1) is 0 Å². The van der Waals surface area contributed by atoms with Crippen molar-refractivity contribution < 1.29 is 0 Å². The fourth-order valence-corrected chi connectivity index (χ4v) is 11.5. The maximum Gasteiger partial charge on any atom is 0.181 e. The van der Waals surface area contributed by atoms with Crippen molar-refractivity contribution in [2.75, 3.05) is 0 Å². The van der Waals surface area contributed by atoms with Gasteiger partial charge in [0.1, 0.15) is 0 Å². The van der Waals surface area contributed by atoms with Crippen molar-refractivity contribution in [3.8, 4) is 11.1 Å². The molecule has 6 aromatic carbocycles. The number of hydrogen-bond donors (Lipinski definition) is 0.